The molecule has 1 saturated carbocycles. The Morgan fingerprint density at radius 2 is 1.95 bits per heavy atom. The molecule has 1 atom stereocenters. The van der Waals surface area contributed by atoms with Gasteiger partial charge in [-0.1, -0.05) is 35.8 Å². The summed E-state index contributed by atoms with van der Waals surface area (Å²) in [7, 11) is 2.25. The smallest absolute Gasteiger partial charge is 0.0410 e. The van der Waals surface area contributed by atoms with Gasteiger partial charge in [0.2, 0.25) is 0 Å². The number of benzene rings is 1. The lowest BCUT2D eigenvalue weighted by atomic mass is 9.86. The zero-order valence-corrected chi connectivity index (χ0v) is 15.2. The van der Waals surface area contributed by atoms with E-state index in [0.29, 0.717) is 6.04 Å². The molecular weight excluding hydrogens is 324 g/mol. The summed E-state index contributed by atoms with van der Waals surface area (Å²) in [6.07, 6.45) is 7.32. The molecular formula is C18H29BrN2. The summed E-state index contributed by atoms with van der Waals surface area (Å²) in [5, 5.41) is 0. The van der Waals surface area contributed by atoms with Crippen molar-refractivity contribution in [1.29, 1.82) is 0 Å². The van der Waals surface area contributed by atoms with E-state index in [9.17, 15) is 0 Å². The normalized spacial score (nSPS) is 23.9. The summed E-state index contributed by atoms with van der Waals surface area (Å²) < 4.78 is 1.15. The Balaban J connectivity index is 2.18. The first-order valence-electron chi connectivity index (χ1n) is 8.28. The largest absolute Gasteiger partial charge is 0.371 e. The van der Waals surface area contributed by atoms with Crippen molar-refractivity contribution in [2.75, 3.05) is 11.9 Å². The third-order valence-electron chi connectivity index (χ3n) is 4.97. The average Bonchev–Trinajstić information content (AvgIpc) is 2.49. The Morgan fingerprint density at radius 1 is 1.29 bits per heavy atom. The molecule has 118 valence electrons. The van der Waals surface area contributed by atoms with Gasteiger partial charge in [0.25, 0.3) is 0 Å². The van der Waals surface area contributed by atoms with Crippen LogP contribution in [0.3, 0.4) is 0 Å². The number of hydrogen-bond donors (Lipinski definition) is 1. The molecule has 0 bridgehead atoms. The molecule has 1 fully saturated rings. The molecule has 1 aliphatic rings. The van der Waals surface area contributed by atoms with Crippen molar-refractivity contribution in [2.45, 2.75) is 64.5 Å². The van der Waals surface area contributed by atoms with Gasteiger partial charge in [-0.15, -0.1) is 0 Å². The lowest BCUT2D eigenvalue weighted by Crippen LogP contribution is -2.36. The summed E-state index contributed by atoms with van der Waals surface area (Å²) in [6, 6.07) is 7.56. The second kappa shape index (κ2) is 7.64. The predicted molar refractivity (Wildman–Crippen MR) is 95.9 cm³/mol. The van der Waals surface area contributed by atoms with Crippen molar-refractivity contribution in [3.05, 3.63) is 28.2 Å². The molecule has 2 N–H and O–H groups in total. The molecule has 1 aliphatic carbocycles. The van der Waals surface area contributed by atoms with E-state index in [0.717, 1.165) is 23.2 Å². The maximum atomic E-state index is 6.18. The number of halogens is 1. The minimum absolute atomic E-state index is 0.254. The average molecular weight is 353 g/mol. The number of nitrogens with zero attached hydrogens (tertiary/aromatic N) is 1. The van der Waals surface area contributed by atoms with Gasteiger partial charge >= 0.3 is 0 Å². The van der Waals surface area contributed by atoms with Crippen LogP contribution < -0.4 is 10.6 Å². The van der Waals surface area contributed by atoms with E-state index in [-0.39, 0.29) is 6.04 Å². The van der Waals surface area contributed by atoms with E-state index in [1.165, 1.54) is 36.9 Å². The van der Waals surface area contributed by atoms with Gasteiger partial charge in [0, 0.05) is 29.3 Å². The molecule has 0 heterocycles. The zero-order valence-electron chi connectivity index (χ0n) is 13.6. The summed E-state index contributed by atoms with van der Waals surface area (Å²) >= 11 is 3.62. The number of rotatable bonds is 5. The monoisotopic (exact) mass is 352 g/mol. The molecule has 2 nitrogen and oxygen atoms in total. The van der Waals surface area contributed by atoms with Gasteiger partial charge < -0.3 is 10.6 Å². The Kier molecular flexibility index (Phi) is 6.12. The van der Waals surface area contributed by atoms with Crippen LogP contribution >= 0.6 is 15.9 Å². The van der Waals surface area contributed by atoms with Crippen LogP contribution in [0.5, 0.6) is 0 Å². The third kappa shape index (κ3) is 4.46. The first kappa shape index (κ1) is 16.8. The molecule has 1 aromatic carbocycles. The summed E-state index contributed by atoms with van der Waals surface area (Å²) in [6.45, 7) is 4.54. The Bertz CT molecular complexity index is 453. The molecule has 0 aromatic heterocycles. The number of hydrogen-bond acceptors (Lipinski definition) is 2. The van der Waals surface area contributed by atoms with Crippen LogP contribution in [-0.2, 0) is 6.42 Å². The molecule has 0 saturated heterocycles. The fourth-order valence-corrected chi connectivity index (χ4v) is 3.64. The van der Waals surface area contributed by atoms with E-state index in [4.69, 9.17) is 5.73 Å². The van der Waals surface area contributed by atoms with Gasteiger partial charge in [-0.05, 0) is 62.1 Å². The van der Waals surface area contributed by atoms with Gasteiger partial charge in [-0.3, -0.25) is 0 Å². The highest BCUT2D eigenvalue weighted by atomic mass is 79.9. The van der Waals surface area contributed by atoms with Crippen molar-refractivity contribution in [1.82, 2.24) is 0 Å². The molecule has 1 unspecified atom stereocenters. The second-order valence-electron chi connectivity index (χ2n) is 6.67. The van der Waals surface area contributed by atoms with Gasteiger partial charge in [-0.2, -0.15) is 0 Å². The SMILES string of the molecule is CCC(N)Cc1ccc(Br)cc1N(C)C1CCC(C)CC1. The Labute approximate surface area is 138 Å². The molecule has 0 spiro atoms. The number of anilines is 1. The molecule has 1 aromatic rings. The van der Waals surface area contributed by atoms with Crippen LogP contribution in [0.4, 0.5) is 5.69 Å². The third-order valence-corrected chi connectivity index (χ3v) is 5.46. The van der Waals surface area contributed by atoms with Crippen LogP contribution in [0.25, 0.3) is 0 Å². The van der Waals surface area contributed by atoms with Gasteiger partial charge in [-0.25, -0.2) is 0 Å². The van der Waals surface area contributed by atoms with Crippen LogP contribution in [0, 0.1) is 5.92 Å². The lowest BCUT2D eigenvalue weighted by Gasteiger charge is -2.36. The Morgan fingerprint density at radius 3 is 2.57 bits per heavy atom. The van der Waals surface area contributed by atoms with Crippen LogP contribution in [-0.4, -0.2) is 19.1 Å². The standard InChI is InChI=1S/C18H29BrN2/c1-4-16(20)11-14-7-8-15(19)12-18(14)21(3)17-9-5-13(2)6-10-17/h7-8,12-13,16-17H,4-6,9-11,20H2,1-3H3. The fraction of sp³-hybridized carbons (Fsp3) is 0.667. The highest BCUT2D eigenvalue weighted by Gasteiger charge is 2.23. The summed E-state index contributed by atoms with van der Waals surface area (Å²) in [5.74, 6) is 0.894. The summed E-state index contributed by atoms with van der Waals surface area (Å²) in [4.78, 5) is 2.49. The van der Waals surface area contributed by atoms with Crippen molar-refractivity contribution >= 4 is 21.6 Å². The van der Waals surface area contributed by atoms with E-state index in [1.807, 2.05) is 0 Å². The molecule has 0 amide bonds. The van der Waals surface area contributed by atoms with Crippen molar-refractivity contribution in [3.8, 4) is 0 Å². The number of nitrogens with two attached hydrogens (primary N) is 1. The van der Waals surface area contributed by atoms with Crippen LogP contribution in [0.1, 0.15) is 51.5 Å². The van der Waals surface area contributed by atoms with Crippen LogP contribution in [0.2, 0.25) is 0 Å². The maximum absolute atomic E-state index is 6.18. The fourth-order valence-electron chi connectivity index (χ4n) is 3.29. The van der Waals surface area contributed by atoms with E-state index in [2.05, 4.69) is 59.9 Å². The minimum atomic E-state index is 0.254. The van der Waals surface area contributed by atoms with Gasteiger partial charge in [0.15, 0.2) is 0 Å². The lowest BCUT2D eigenvalue weighted by molar-refractivity contribution is 0.340. The quantitative estimate of drug-likeness (QED) is 0.828. The highest BCUT2D eigenvalue weighted by molar-refractivity contribution is 9.10. The molecule has 3 heteroatoms. The van der Waals surface area contributed by atoms with Gasteiger partial charge in [0.1, 0.15) is 0 Å². The topological polar surface area (TPSA) is 29.3 Å². The molecule has 21 heavy (non-hydrogen) atoms. The molecule has 2 rings (SSSR count). The van der Waals surface area contributed by atoms with Crippen LogP contribution in [0.15, 0.2) is 22.7 Å². The highest BCUT2D eigenvalue weighted by Crippen LogP contribution is 2.33. The molecule has 0 radical (unpaired) electrons. The zero-order chi connectivity index (χ0) is 15.4. The van der Waals surface area contributed by atoms with Crippen molar-refractivity contribution in [2.24, 2.45) is 11.7 Å². The van der Waals surface area contributed by atoms with E-state index in [1.54, 1.807) is 0 Å². The minimum Gasteiger partial charge on any atom is -0.371 e. The molecule has 0 aliphatic heterocycles. The first-order chi connectivity index (χ1) is 10.0. The van der Waals surface area contributed by atoms with E-state index >= 15 is 0 Å². The second-order valence-corrected chi connectivity index (χ2v) is 7.59. The van der Waals surface area contributed by atoms with Crippen molar-refractivity contribution in [3.63, 3.8) is 0 Å². The summed E-state index contributed by atoms with van der Waals surface area (Å²) in [5.41, 5.74) is 8.92. The van der Waals surface area contributed by atoms with E-state index < -0.39 is 0 Å². The Hall–Kier alpha value is -0.540. The predicted octanol–water partition coefficient (Wildman–Crippen LogP) is 4.74. The van der Waals surface area contributed by atoms with Gasteiger partial charge in [0.05, 0.1) is 0 Å². The maximum Gasteiger partial charge on any atom is 0.0410 e. The van der Waals surface area contributed by atoms with Crippen molar-refractivity contribution < 1.29 is 0 Å². The first-order valence-corrected chi connectivity index (χ1v) is 9.07.